The minimum Gasteiger partial charge on any atom is -0.497 e. The van der Waals surface area contributed by atoms with Crippen LogP contribution in [0.25, 0.3) is 10.2 Å². The molecule has 0 aliphatic carbocycles. The smallest absolute Gasteiger partial charge is 0.260 e. The quantitative estimate of drug-likeness (QED) is 0.465. The fourth-order valence-corrected chi connectivity index (χ4v) is 4.26. The Morgan fingerprint density at radius 1 is 0.903 bits per heavy atom. The molecule has 166 valence electrons. The number of rotatable bonds is 10. The normalized spacial score (nSPS) is 11.0. The molecule has 0 aliphatic heterocycles. The average Bonchev–Trinajstić information content (AvgIpc) is 3.23. The zero-order valence-corrected chi connectivity index (χ0v) is 19.5. The summed E-state index contributed by atoms with van der Waals surface area (Å²) in [5.74, 6) is 1.74. The molecule has 2 aromatic carbocycles. The lowest BCUT2D eigenvalue weighted by atomic mass is 10.1. The lowest BCUT2D eigenvalue weighted by Crippen LogP contribution is -2.38. The molecule has 8 heteroatoms. The van der Waals surface area contributed by atoms with E-state index >= 15 is 0 Å². The summed E-state index contributed by atoms with van der Waals surface area (Å²) in [6.07, 6.45) is 0. The lowest BCUT2D eigenvalue weighted by molar-refractivity contribution is 0.0983. The number of aromatic nitrogens is 1. The van der Waals surface area contributed by atoms with Gasteiger partial charge in [-0.25, -0.2) is 4.98 Å². The molecule has 0 radical (unpaired) electrons. The Hall–Kier alpha value is -2.84. The van der Waals surface area contributed by atoms with Gasteiger partial charge in [0.05, 0.1) is 31.5 Å². The van der Waals surface area contributed by atoms with Crippen molar-refractivity contribution in [3.8, 4) is 17.2 Å². The van der Waals surface area contributed by atoms with Gasteiger partial charge in [-0.2, -0.15) is 0 Å². The van der Waals surface area contributed by atoms with E-state index in [1.54, 1.807) is 44.4 Å². The molecule has 0 spiro atoms. The van der Waals surface area contributed by atoms with Crippen LogP contribution in [0, 0.1) is 0 Å². The van der Waals surface area contributed by atoms with Crippen LogP contribution in [-0.4, -0.2) is 63.3 Å². The van der Waals surface area contributed by atoms with Gasteiger partial charge in [0.25, 0.3) is 5.91 Å². The number of benzene rings is 2. The standard InChI is InChI=1S/C23H29N3O4S/c1-6-25(7-2)10-11-26(22(27)16-12-18(29-4)14-19(13-16)30-5)23-24-20-15-17(28-3)8-9-21(20)31-23/h8-9,12-15H,6-7,10-11H2,1-5H3. The van der Waals surface area contributed by atoms with Crippen LogP contribution < -0.4 is 19.1 Å². The highest BCUT2D eigenvalue weighted by molar-refractivity contribution is 7.22. The molecule has 0 saturated heterocycles. The van der Waals surface area contributed by atoms with Crippen molar-refractivity contribution < 1.29 is 19.0 Å². The molecule has 0 N–H and O–H groups in total. The minimum absolute atomic E-state index is 0.143. The Labute approximate surface area is 187 Å². The number of hydrogen-bond acceptors (Lipinski definition) is 7. The summed E-state index contributed by atoms with van der Waals surface area (Å²) in [4.78, 5) is 22.4. The van der Waals surface area contributed by atoms with Crippen LogP contribution in [0.15, 0.2) is 36.4 Å². The van der Waals surface area contributed by atoms with Crippen molar-refractivity contribution in [2.45, 2.75) is 13.8 Å². The van der Waals surface area contributed by atoms with Crippen molar-refractivity contribution in [1.29, 1.82) is 0 Å². The van der Waals surface area contributed by atoms with E-state index in [9.17, 15) is 4.79 Å². The minimum atomic E-state index is -0.143. The largest absolute Gasteiger partial charge is 0.497 e. The first kappa shape index (κ1) is 22.8. The summed E-state index contributed by atoms with van der Waals surface area (Å²) in [5, 5.41) is 0.655. The predicted molar refractivity (Wildman–Crippen MR) is 125 cm³/mol. The molecule has 1 heterocycles. The van der Waals surface area contributed by atoms with Crippen LogP contribution in [0.4, 0.5) is 5.13 Å². The Morgan fingerprint density at radius 2 is 1.55 bits per heavy atom. The van der Waals surface area contributed by atoms with E-state index in [1.807, 2.05) is 18.2 Å². The first-order chi connectivity index (χ1) is 15.0. The first-order valence-corrected chi connectivity index (χ1v) is 11.1. The number of methoxy groups -OCH3 is 3. The van der Waals surface area contributed by atoms with E-state index in [1.165, 1.54) is 11.3 Å². The summed E-state index contributed by atoms with van der Waals surface area (Å²) in [6, 6.07) is 11.0. The van der Waals surface area contributed by atoms with E-state index in [0.29, 0.717) is 28.7 Å². The fraction of sp³-hybridized carbons (Fsp3) is 0.391. The number of anilines is 1. The van der Waals surface area contributed by atoms with Gasteiger partial charge >= 0.3 is 0 Å². The third-order valence-electron chi connectivity index (χ3n) is 5.19. The van der Waals surface area contributed by atoms with Gasteiger partial charge in [-0.15, -0.1) is 0 Å². The number of likely N-dealkylation sites (N-methyl/N-ethyl adjacent to an activating group) is 1. The SMILES string of the molecule is CCN(CC)CCN(C(=O)c1cc(OC)cc(OC)c1)c1nc2cc(OC)ccc2s1. The summed E-state index contributed by atoms with van der Waals surface area (Å²) < 4.78 is 17.0. The molecule has 0 fully saturated rings. The number of ether oxygens (including phenoxy) is 3. The van der Waals surface area contributed by atoms with Gasteiger partial charge in [-0.05, 0) is 37.4 Å². The van der Waals surface area contributed by atoms with Gasteiger partial charge in [-0.1, -0.05) is 25.2 Å². The van der Waals surface area contributed by atoms with Crippen molar-refractivity contribution in [2.24, 2.45) is 0 Å². The monoisotopic (exact) mass is 443 g/mol. The summed E-state index contributed by atoms with van der Waals surface area (Å²) in [7, 11) is 4.77. The van der Waals surface area contributed by atoms with Crippen LogP contribution >= 0.6 is 11.3 Å². The van der Waals surface area contributed by atoms with E-state index in [2.05, 4.69) is 18.7 Å². The van der Waals surface area contributed by atoms with E-state index in [0.717, 1.165) is 35.6 Å². The Kier molecular flexibility index (Phi) is 7.70. The first-order valence-electron chi connectivity index (χ1n) is 10.2. The lowest BCUT2D eigenvalue weighted by Gasteiger charge is -2.25. The van der Waals surface area contributed by atoms with Crippen LogP contribution in [0.3, 0.4) is 0 Å². The second-order valence-electron chi connectivity index (χ2n) is 6.92. The molecule has 3 aromatic rings. The maximum absolute atomic E-state index is 13.6. The van der Waals surface area contributed by atoms with Crippen molar-refractivity contribution in [2.75, 3.05) is 52.4 Å². The second-order valence-corrected chi connectivity index (χ2v) is 7.92. The van der Waals surface area contributed by atoms with Gasteiger partial charge in [0.1, 0.15) is 17.2 Å². The number of amides is 1. The second kappa shape index (κ2) is 10.5. The van der Waals surface area contributed by atoms with Gasteiger partial charge in [-0.3, -0.25) is 9.69 Å². The number of carbonyl (C=O) groups excluding carboxylic acids is 1. The van der Waals surface area contributed by atoms with Crippen LogP contribution in [-0.2, 0) is 0 Å². The number of fused-ring (bicyclic) bond motifs is 1. The summed E-state index contributed by atoms with van der Waals surface area (Å²) >= 11 is 1.49. The topological polar surface area (TPSA) is 64.1 Å². The number of hydrogen-bond donors (Lipinski definition) is 0. The summed E-state index contributed by atoms with van der Waals surface area (Å²) in [5.41, 5.74) is 1.30. The molecule has 0 atom stereocenters. The summed E-state index contributed by atoms with van der Waals surface area (Å²) in [6.45, 7) is 7.35. The molecule has 0 saturated carbocycles. The highest BCUT2D eigenvalue weighted by Gasteiger charge is 2.23. The van der Waals surface area contributed by atoms with Crippen LogP contribution in [0.1, 0.15) is 24.2 Å². The molecule has 3 rings (SSSR count). The molecule has 31 heavy (non-hydrogen) atoms. The Balaban J connectivity index is 2.01. The third-order valence-corrected chi connectivity index (χ3v) is 6.25. The van der Waals surface area contributed by atoms with Gasteiger partial charge in [0, 0.05) is 30.8 Å². The molecule has 1 aromatic heterocycles. The number of nitrogens with zero attached hydrogens (tertiary/aromatic N) is 3. The molecule has 0 aliphatic rings. The van der Waals surface area contributed by atoms with Crippen molar-refractivity contribution >= 4 is 32.6 Å². The van der Waals surface area contributed by atoms with Crippen molar-refractivity contribution in [3.63, 3.8) is 0 Å². The van der Waals surface area contributed by atoms with Gasteiger partial charge < -0.3 is 19.1 Å². The van der Waals surface area contributed by atoms with Crippen molar-refractivity contribution in [3.05, 3.63) is 42.0 Å². The molecular weight excluding hydrogens is 414 g/mol. The van der Waals surface area contributed by atoms with Gasteiger partial charge in [0.15, 0.2) is 5.13 Å². The van der Waals surface area contributed by atoms with E-state index in [-0.39, 0.29) is 5.91 Å². The third kappa shape index (κ3) is 5.26. The highest BCUT2D eigenvalue weighted by atomic mass is 32.1. The number of carbonyl (C=O) groups is 1. The molecule has 1 amide bonds. The molecular formula is C23H29N3O4S. The van der Waals surface area contributed by atoms with Gasteiger partial charge in [0.2, 0.25) is 0 Å². The Morgan fingerprint density at radius 3 is 2.13 bits per heavy atom. The zero-order chi connectivity index (χ0) is 22.4. The Bertz CT molecular complexity index is 1010. The molecule has 0 unspecified atom stereocenters. The average molecular weight is 444 g/mol. The maximum Gasteiger partial charge on any atom is 0.260 e. The van der Waals surface area contributed by atoms with Crippen LogP contribution in [0.5, 0.6) is 17.2 Å². The zero-order valence-electron chi connectivity index (χ0n) is 18.7. The van der Waals surface area contributed by atoms with E-state index < -0.39 is 0 Å². The van der Waals surface area contributed by atoms with E-state index in [4.69, 9.17) is 19.2 Å². The predicted octanol–water partition coefficient (Wildman–Crippen LogP) is 4.31. The fourth-order valence-electron chi connectivity index (χ4n) is 3.29. The maximum atomic E-state index is 13.6. The highest BCUT2D eigenvalue weighted by Crippen LogP contribution is 2.33. The van der Waals surface area contributed by atoms with Crippen LogP contribution in [0.2, 0.25) is 0 Å². The number of thiazole rings is 1. The molecule has 0 bridgehead atoms. The molecule has 7 nitrogen and oxygen atoms in total. The van der Waals surface area contributed by atoms with Crippen molar-refractivity contribution in [1.82, 2.24) is 9.88 Å².